The number of hydrogen-bond acceptors (Lipinski definition) is 4. The van der Waals surface area contributed by atoms with Crippen LogP contribution in [0.5, 0.6) is 0 Å². The van der Waals surface area contributed by atoms with Gasteiger partial charge in [-0.2, -0.15) is 0 Å². The smallest absolute Gasteiger partial charge is 0.262 e. The van der Waals surface area contributed by atoms with Crippen molar-refractivity contribution < 1.29 is 0 Å². The minimum absolute atomic E-state index is 0.0588. The summed E-state index contributed by atoms with van der Waals surface area (Å²) in [5, 5.41) is 0.827. The van der Waals surface area contributed by atoms with E-state index in [1.54, 1.807) is 28.4 Å². The van der Waals surface area contributed by atoms with Crippen LogP contribution in [0.25, 0.3) is 10.2 Å². The maximum atomic E-state index is 12.6. The van der Waals surface area contributed by atoms with Gasteiger partial charge in [0.15, 0.2) is 0 Å². The van der Waals surface area contributed by atoms with Gasteiger partial charge in [-0.3, -0.25) is 9.36 Å². The molecule has 6 heteroatoms. The molecule has 0 aliphatic heterocycles. The van der Waals surface area contributed by atoms with E-state index in [4.69, 9.17) is 0 Å². The summed E-state index contributed by atoms with van der Waals surface area (Å²) in [5.74, 6) is 0.789. The summed E-state index contributed by atoms with van der Waals surface area (Å²) in [6, 6.07) is 0. The van der Waals surface area contributed by atoms with Gasteiger partial charge >= 0.3 is 0 Å². The van der Waals surface area contributed by atoms with Gasteiger partial charge in [-0.15, -0.1) is 11.3 Å². The van der Waals surface area contributed by atoms with Crippen LogP contribution in [0.1, 0.15) is 28.4 Å². The molecule has 4 rings (SSSR count). The molecule has 5 nitrogen and oxygen atoms in total. The lowest BCUT2D eigenvalue weighted by Crippen LogP contribution is -2.21. The highest BCUT2D eigenvalue weighted by Gasteiger charge is 2.21. The standard InChI is InChI=1S/C14H14N4OS/c1-8-5-15-11(17-8)6-18-7-16-13-12(14(18)19)9-3-2-4-10(9)20-13/h5,7H,2-4,6H2,1H3,(H,15,17). The molecule has 0 radical (unpaired) electrons. The second-order valence-electron chi connectivity index (χ2n) is 5.23. The minimum atomic E-state index is 0.0588. The van der Waals surface area contributed by atoms with Gasteiger partial charge in [-0.1, -0.05) is 0 Å². The van der Waals surface area contributed by atoms with Crippen LogP contribution in [-0.2, 0) is 19.4 Å². The van der Waals surface area contributed by atoms with Crippen LogP contribution in [-0.4, -0.2) is 19.5 Å². The molecule has 3 aromatic heterocycles. The number of H-pyrrole nitrogens is 1. The van der Waals surface area contributed by atoms with Crippen LogP contribution in [0.3, 0.4) is 0 Å². The van der Waals surface area contributed by atoms with E-state index in [0.29, 0.717) is 6.54 Å². The third-order valence-electron chi connectivity index (χ3n) is 3.77. The van der Waals surface area contributed by atoms with Crippen molar-refractivity contribution in [2.75, 3.05) is 0 Å². The third kappa shape index (κ3) is 1.71. The van der Waals surface area contributed by atoms with Crippen LogP contribution in [0.15, 0.2) is 17.3 Å². The molecule has 0 fully saturated rings. The van der Waals surface area contributed by atoms with E-state index in [9.17, 15) is 4.79 Å². The summed E-state index contributed by atoms with van der Waals surface area (Å²) in [7, 11) is 0. The Balaban J connectivity index is 1.85. The Morgan fingerprint density at radius 3 is 3.10 bits per heavy atom. The predicted molar refractivity (Wildman–Crippen MR) is 78.3 cm³/mol. The largest absolute Gasteiger partial charge is 0.345 e. The average Bonchev–Trinajstić information content (AvgIpc) is 3.08. The fourth-order valence-corrected chi connectivity index (χ4v) is 4.06. The Bertz CT molecular complexity index is 858. The molecule has 20 heavy (non-hydrogen) atoms. The molecule has 0 amide bonds. The Morgan fingerprint density at radius 1 is 1.40 bits per heavy atom. The second kappa shape index (κ2) is 4.28. The maximum absolute atomic E-state index is 12.6. The number of fused-ring (bicyclic) bond motifs is 3. The van der Waals surface area contributed by atoms with Gasteiger partial charge in [0, 0.05) is 16.8 Å². The first-order valence-corrected chi connectivity index (χ1v) is 7.54. The van der Waals surface area contributed by atoms with Crippen LogP contribution in [0.4, 0.5) is 0 Å². The van der Waals surface area contributed by atoms with Crippen molar-refractivity contribution in [2.45, 2.75) is 32.7 Å². The quantitative estimate of drug-likeness (QED) is 0.784. The van der Waals surface area contributed by atoms with E-state index < -0.39 is 0 Å². The monoisotopic (exact) mass is 286 g/mol. The zero-order valence-electron chi connectivity index (χ0n) is 11.1. The molecular weight excluding hydrogens is 272 g/mol. The summed E-state index contributed by atoms with van der Waals surface area (Å²) >= 11 is 1.67. The highest BCUT2D eigenvalue weighted by Crippen LogP contribution is 2.34. The molecule has 1 aliphatic carbocycles. The lowest BCUT2D eigenvalue weighted by Gasteiger charge is -2.03. The van der Waals surface area contributed by atoms with Crippen molar-refractivity contribution in [3.05, 3.63) is 44.8 Å². The third-order valence-corrected chi connectivity index (χ3v) is 4.97. The van der Waals surface area contributed by atoms with Crippen molar-refractivity contribution in [3.8, 4) is 0 Å². The number of imidazole rings is 1. The maximum Gasteiger partial charge on any atom is 0.262 e. The SMILES string of the molecule is Cc1cnc(Cn2cnc3sc4c(c3c2=O)CCC4)[nH]1. The fourth-order valence-electron chi connectivity index (χ4n) is 2.84. The van der Waals surface area contributed by atoms with E-state index in [-0.39, 0.29) is 5.56 Å². The number of hydrogen-bond donors (Lipinski definition) is 1. The molecular formula is C14H14N4OS. The van der Waals surface area contributed by atoms with E-state index in [1.807, 2.05) is 6.92 Å². The van der Waals surface area contributed by atoms with Gasteiger partial charge in [0.1, 0.15) is 10.7 Å². The first-order valence-electron chi connectivity index (χ1n) is 6.72. The number of aromatic nitrogens is 4. The minimum Gasteiger partial charge on any atom is -0.345 e. The number of nitrogens with one attached hydrogen (secondary N) is 1. The van der Waals surface area contributed by atoms with E-state index >= 15 is 0 Å². The lowest BCUT2D eigenvalue weighted by atomic mass is 10.2. The van der Waals surface area contributed by atoms with Crippen LogP contribution >= 0.6 is 11.3 Å². The Labute approximate surface area is 119 Å². The predicted octanol–water partition coefficient (Wildman–Crippen LogP) is 2.03. The van der Waals surface area contributed by atoms with Crippen molar-refractivity contribution in [1.82, 2.24) is 19.5 Å². The summed E-state index contributed by atoms with van der Waals surface area (Å²) in [5.41, 5.74) is 2.29. The van der Waals surface area contributed by atoms with Crippen molar-refractivity contribution in [1.29, 1.82) is 0 Å². The van der Waals surface area contributed by atoms with Crippen molar-refractivity contribution in [3.63, 3.8) is 0 Å². The number of thiophene rings is 1. The highest BCUT2D eigenvalue weighted by molar-refractivity contribution is 7.18. The average molecular weight is 286 g/mol. The van der Waals surface area contributed by atoms with Crippen LogP contribution in [0.2, 0.25) is 0 Å². The van der Waals surface area contributed by atoms with E-state index in [0.717, 1.165) is 41.0 Å². The van der Waals surface area contributed by atoms with Crippen molar-refractivity contribution >= 4 is 21.6 Å². The fraction of sp³-hybridized carbons (Fsp3) is 0.357. The Hall–Kier alpha value is -1.95. The number of aryl methyl sites for hydroxylation is 3. The molecule has 0 spiro atoms. The second-order valence-corrected chi connectivity index (χ2v) is 6.31. The van der Waals surface area contributed by atoms with Gasteiger partial charge in [0.25, 0.3) is 5.56 Å². The molecule has 102 valence electrons. The lowest BCUT2D eigenvalue weighted by molar-refractivity contribution is 0.714. The molecule has 3 heterocycles. The normalized spacial score (nSPS) is 14.1. The molecule has 0 saturated heterocycles. The number of rotatable bonds is 2. The van der Waals surface area contributed by atoms with Gasteiger partial charge in [-0.05, 0) is 31.7 Å². The topological polar surface area (TPSA) is 63.6 Å². The molecule has 0 unspecified atom stereocenters. The first-order chi connectivity index (χ1) is 9.72. The Morgan fingerprint density at radius 2 is 2.30 bits per heavy atom. The first kappa shape index (κ1) is 11.8. The van der Waals surface area contributed by atoms with Crippen LogP contribution < -0.4 is 5.56 Å². The van der Waals surface area contributed by atoms with E-state index in [2.05, 4.69) is 15.0 Å². The molecule has 0 bridgehead atoms. The highest BCUT2D eigenvalue weighted by atomic mass is 32.1. The van der Waals surface area contributed by atoms with Gasteiger partial charge in [-0.25, -0.2) is 9.97 Å². The molecule has 0 saturated carbocycles. The molecule has 1 N–H and O–H groups in total. The molecule has 1 aliphatic rings. The summed E-state index contributed by atoms with van der Waals surface area (Å²) < 4.78 is 1.64. The number of nitrogens with zero attached hydrogens (tertiary/aromatic N) is 3. The van der Waals surface area contributed by atoms with Crippen LogP contribution in [0, 0.1) is 6.92 Å². The molecule has 0 aromatic carbocycles. The summed E-state index contributed by atoms with van der Waals surface area (Å²) in [6.45, 7) is 2.40. The molecule has 3 aromatic rings. The summed E-state index contributed by atoms with van der Waals surface area (Å²) in [6.07, 6.45) is 6.66. The van der Waals surface area contributed by atoms with Gasteiger partial charge in [0.2, 0.25) is 0 Å². The van der Waals surface area contributed by atoms with Gasteiger partial charge in [0.05, 0.1) is 18.3 Å². The van der Waals surface area contributed by atoms with Gasteiger partial charge < -0.3 is 4.98 Å². The molecule has 0 atom stereocenters. The van der Waals surface area contributed by atoms with Crippen molar-refractivity contribution in [2.24, 2.45) is 0 Å². The summed E-state index contributed by atoms with van der Waals surface area (Å²) in [4.78, 5) is 26.7. The van der Waals surface area contributed by atoms with E-state index in [1.165, 1.54) is 10.4 Å². The zero-order chi connectivity index (χ0) is 13.7. The zero-order valence-corrected chi connectivity index (χ0v) is 12.0. The Kier molecular flexibility index (Phi) is 2.53. The number of aromatic amines is 1.